The van der Waals surface area contributed by atoms with Crippen LogP contribution in [0.25, 0.3) is 0 Å². The van der Waals surface area contributed by atoms with Crippen LogP contribution in [0.3, 0.4) is 0 Å². The molecule has 104 valence electrons. The summed E-state index contributed by atoms with van der Waals surface area (Å²) in [6.07, 6.45) is 1.73. The lowest BCUT2D eigenvalue weighted by Gasteiger charge is -2.15. The van der Waals surface area contributed by atoms with E-state index in [1.807, 2.05) is 27.7 Å². The van der Waals surface area contributed by atoms with Crippen molar-refractivity contribution in [2.75, 3.05) is 0 Å². The molecule has 0 saturated carbocycles. The highest BCUT2D eigenvalue weighted by Crippen LogP contribution is 2.27. The topological polar surface area (TPSA) is 84.8 Å². The minimum absolute atomic E-state index is 0.139. The van der Waals surface area contributed by atoms with E-state index in [0.717, 1.165) is 0 Å². The summed E-state index contributed by atoms with van der Waals surface area (Å²) in [6.45, 7) is 7.99. The average molecular weight is 264 g/mol. The van der Waals surface area contributed by atoms with Crippen molar-refractivity contribution in [1.82, 2.24) is 9.78 Å². The van der Waals surface area contributed by atoms with Gasteiger partial charge in [0.2, 0.25) is 0 Å². The maximum absolute atomic E-state index is 11.1. The summed E-state index contributed by atoms with van der Waals surface area (Å²) in [5.74, 6) is 0. The third-order valence-electron chi connectivity index (χ3n) is 3.20. The van der Waals surface area contributed by atoms with E-state index in [0.29, 0.717) is 37.2 Å². The van der Waals surface area contributed by atoms with Crippen LogP contribution in [0.4, 0.5) is 5.69 Å². The van der Waals surface area contributed by atoms with Crippen LogP contribution < -0.4 is 0 Å². The molecule has 0 amide bonds. The maximum atomic E-state index is 11.1. The van der Waals surface area contributed by atoms with Crippen LogP contribution >= 0.6 is 0 Å². The van der Waals surface area contributed by atoms with Crippen molar-refractivity contribution in [3.05, 3.63) is 21.5 Å². The Bertz CT molecular complexity index is 511. The van der Waals surface area contributed by atoms with Gasteiger partial charge < -0.3 is 0 Å². The first-order valence-electron chi connectivity index (χ1n) is 6.50. The average Bonchev–Trinajstić information content (AvgIpc) is 2.74. The van der Waals surface area contributed by atoms with E-state index >= 15 is 0 Å². The molecule has 19 heavy (non-hydrogen) atoms. The number of nitriles is 1. The van der Waals surface area contributed by atoms with Gasteiger partial charge in [-0.1, -0.05) is 13.8 Å². The van der Waals surface area contributed by atoms with Crippen LogP contribution in [-0.2, 0) is 19.4 Å². The van der Waals surface area contributed by atoms with E-state index in [-0.39, 0.29) is 10.6 Å². The molecule has 0 unspecified atom stereocenters. The van der Waals surface area contributed by atoms with Gasteiger partial charge in [0, 0.05) is 6.54 Å². The van der Waals surface area contributed by atoms with Gasteiger partial charge in [-0.3, -0.25) is 14.8 Å². The lowest BCUT2D eigenvalue weighted by molar-refractivity contribution is -0.386. The molecule has 0 aromatic carbocycles. The van der Waals surface area contributed by atoms with Gasteiger partial charge in [-0.2, -0.15) is 10.4 Å². The number of hydrogen-bond acceptors (Lipinski definition) is 4. The first-order valence-corrected chi connectivity index (χ1v) is 6.50. The second-order valence-corrected chi connectivity index (χ2v) is 5.18. The Morgan fingerprint density at radius 3 is 2.47 bits per heavy atom. The highest BCUT2D eigenvalue weighted by atomic mass is 16.6. The largest absolute Gasteiger partial charge is 0.313 e. The quantitative estimate of drug-likeness (QED) is 0.584. The van der Waals surface area contributed by atoms with E-state index in [4.69, 9.17) is 5.26 Å². The molecule has 6 nitrogen and oxygen atoms in total. The van der Waals surface area contributed by atoms with Crippen molar-refractivity contribution < 1.29 is 4.92 Å². The summed E-state index contributed by atoms with van der Waals surface area (Å²) in [5, 5.41) is 24.5. The summed E-state index contributed by atoms with van der Waals surface area (Å²) in [7, 11) is 0. The fourth-order valence-corrected chi connectivity index (χ4v) is 1.97. The van der Waals surface area contributed by atoms with Crippen molar-refractivity contribution in [2.45, 2.75) is 53.5 Å². The van der Waals surface area contributed by atoms with Crippen LogP contribution in [0.2, 0.25) is 0 Å². The zero-order valence-electron chi connectivity index (χ0n) is 11.9. The van der Waals surface area contributed by atoms with E-state index in [1.165, 1.54) is 0 Å². The van der Waals surface area contributed by atoms with Gasteiger partial charge in [0.25, 0.3) is 0 Å². The van der Waals surface area contributed by atoms with Crippen LogP contribution in [0.5, 0.6) is 0 Å². The first kappa shape index (κ1) is 15.2. The molecule has 1 heterocycles. The smallest absolute Gasteiger partial charge is 0.262 e. The standard InChI is InChI=1S/C13H20N4O2/c1-5-10-12(17(18)19)11(6-2)16(15-10)8-7-13(3,4)9-14/h5-8H2,1-4H3. The predicted molar refractivity (Wildman–Crippen MR) is 71.6 cm³/mol. The third kappa shape index (κ3) is 3.31. The van der Waals surface area contributed by atoms with Crippen LogP contribution in [0.15, 0.2) is 0 Å². The highest BCUT2D eigenvalue weighted by Gasteiger charge is 2.26. The summed E-state index contributed by atoms with van der Waals surface area (Å²) in [5.41, 5.74) is 0.866. The Morgan fingerprint density at radius 2 is 2.05 bits per heavy atom. The minimum Gasteiger partial charge on any atom is -0.262 e. The zero-order chi connectivity index (χ0) is 14.6. The molecule has 0 fully saturated rings. The van der Waals surface area contributed by atoms with E-state index in [9.17, 15) is 10.1 Å². The third-order valence-corrected chi connectivity index (χ3v) is 3.20. The summed E-state index contributed by atoms with van der Waals surface area (Å²) < 4.78 is 1.69. The molecule has 0 atom stereocenters. The monoisotopic (exact) mass is 264 g/mol. The Morgan fingerprint density at radius 1 is 1.42 bits per heavy atom. The van der Waals surface area contributed by atoms with Crippen molar-refractivity contribution in [3.63, 3.8) is 0 Å². The van der Waals surface area contributed by atoms with Crippen molar-refractivity contribution >= 4 is 5.69 Å². The van der Waals surface area contributed by atoms with Crippen LogP contribution in [-0.4, -0.2) is 14.7 Å². The Balaban J connectivity index is 3.09. The fourth-order valence-electron chi connectivity index (χ4n) is 1.97. The Labute approximate surface area is 113 Å². The van der Waals surface area contributed by atoms with Gasteiger partial charge in [0.15, 0.2) is 0 Å². The normalized spacial score (nSPS) is 11.3. The van der Waals surface area contributed by atoms with Gasteiger partial charge in [0.05, 0.1) is 16.4 Å². The molecule has 0 saturated heterocycles. The molecular weight excluding hydrogens is 244 g/mol. The molecular formula is C13H20N4O2. The van der Waals surface area contributed by atoms with Gasteiger partial charge >= 0.3 is 5.69 Å². The molecule has 0 aliphatic rings. The lowest BCUT2D eigenvalue weighted by atomic mass is 9.91. The summed E-state index contributed by atoms with van der Waals surface area (Å²) in [4.78, 5) is 10.8. The van der Waals surface area contributed by atoms with Crippen molar-refractivity contribution in [2.24, 2.45) is 5.41 Å². The number of aryl methyl sites for hydroxylation is 2. The predicted octanol–water partition coefficient (Wildman–Crippen LogP) is 2.86. The number of rotatable bonds is 6. The highest BCUT2D eigenvalue weighted by molar-refractivity contribution is 5.41. The fraction of sp³-hybridized carbons (Fsp3) is 0.692. The Hall–Kier alpha value is -1.90. The van der Waals surface area contributed by atoms with Crippen molar-refractivity contribution in [1.29, 1.82) is 5.26 Å². The summed E-state index contributed by atoms with van der Waals surface area (Å²) in [6, 6.07) is 2.23. The van der Waals surface area contributed by atoms with Gasteiger partial charge in [-0.05, 0) is 33.1 Å². The lowest BCUT2D eigenvalue weighted by Crippen LogP contribution is -2.14. The molecule has 1 aromatic heterocycles. The van der Waals surface area contributed by atoms with Gasteiger partial charge in [0.1, 0.15) is 11.4 Å². The Kier molecular flexibility index (Phi) is 4.65. The molecule has 0 N–H and O–H groups in total. The maximum Gasteiger partial charge on any atom is 0.313 e. The SMILES string of the molecule is CCc1nn(CCC(C)(C)C#N)c(CC)c1[N+](=O)[O-]. The van der Waals surface area contributed by atoms with E-state index in [2.05, 4.69) is 11.2 Å². The molecule has 1 rings (SSSR count). The van der Waals surface area contributed by atoms with Crippen LogP contribution in [0.1, 0.15) is 45.5 Å². The molecule has 0 spiro atoms. The molecule has 0 aliphatic carbocycles. The number of aromatic nitrogens is 2. The second kappa shape index (κ2) is 5.83. The number of hydrogen-bond donors (Lipinski definition) is 0. The van der Waals surface area contributed by atoms with Gasteiger partial charge in [-0.25, -0.2) is 0 Å². The number of nitro groups is 1. The minimum atomic E-state index is -0.446. The molecule has 0 radical (unpaired) electrons. The number of nitrogens with zero attached hydrogens (tertiary/aromatic N) is 4. The zero-order valence-corrected chi connectivity index (χ0v) is 11.9. The molecule has 1 aromatic rings. The molecule has 0 bridgehead atoms. The van der Waals surface area contributed by atoms with E-state index in [1.54, 1.807) is 4.68 Å². The second-order valence-electron chi connectivity index (χ2n) is 5.18. The first-order chi connectivity index (χ1) is 8.86. The molecule has 6 heteroatoms. The molecule has 0 aliphatic heterocycles. The summed E-state index contributed by atoms with van der Waals surface area (Å²) >= 11 is 0. The van der Waals surface area contributed by atoms with E-state index < -0.39 is 5.41 Å². The van der Waals surface area contributed by atoms with Crippen LogP contribution in [0, 0.1) is 26.9 Å². The van der Waals surface area contributed by atoms with Gasteiger partial charge in [-0.15, -0.1) is 0 Å². The van der Waals surface area contributed by atoms with Crippen molar-refractivity contribution in [3.8, 4) is 6.07 Å².